The fourth-order valence-corrected chi connectivity index (χ4v) is 0.617. The number of alkyl halides is 1. The van der Waals surface area contributed by atoms with Gasteiger partial charge in [0.1, 0.15) is 6.29 Å². The number of halogens is 1. The molecule has 1 heterocycles. The van der Waals surface area contributed by atoms with Crippen molar-refractivity contribution in [3.8, 4) is 0 Å². The summed E-state index contributed by atoms with van der Waals surface area (Å²) in [6.07, 6.45) is 2.47. The maximum absolute atomic E-state index is 9.13. The molecular formula is C12H31BrN4OS2. The number of nitrogens with zero attached hydrogens (tertiary/aromatic N) is 1. The molecule has 6 N–H and O–H groups in total. The van der Waals surface area contributed by atoms with Crippen LogP contribution in [0.5, 0.6) is 0 Å². The van der Waals surface area contributed by atoms with Crippen LogP contribution in [0.15, 0.2) is 11.6 Å². The van der Waals surface area contributed by atoms with E-state index in [2.05, 4.69) is 44.6 Å². The number of rotatable bonds is 1. The first kappa shape index (κ1) is 36.5. The van der Waals surface area contributed by atoms with Gasteiger partial charge in [-0.2, -0.15) is 0 Å². The molecule has 0 atom stereocenters. The van der Waals surface area contributed by atoms with Gasteiger partial charge < -0.3 is 22.0 Å². The van der Waals surface area contributed by atoms with Crippen LogP contribution in [0.4, 0.5) is 5.13 Å². The Morgan fingerprint density at radius 1 is 1.35 bits per heavy atom. The first-order valence-corrected chi connectivity index (χ1v) is 7.65. The van der Waals surface area contributed by atoms with E-state index < -0.39 is 0 Å². The molecule has 0 amide bonds. The Bertz CT molecular complexity index is 244. The van der Waals surface area contributed by atoms with Gasteiger partial charge in [-0.15, -0.1) is 11.3 Å². The number of nitrogens with two attached hydrogens (primary N) is 3. The number of aldehydes is 1. The van der Waals surface area contributed by atoms with Crippen molar-refractivity contribution in [3.05, 3.63) is 11.6 Å². The molecule has 0 fully saturated rings. The van der Waals surface area contributed by atoms with E-state index in [1.165, 1.54) is 11.3 Å². The van der Waals surface area contributed by atoms with Crippen molar-refractivity contribution < 1.29 is 4.79 Å². The lowest BCUT2D eigenvalue weighted by Gasteiger charge is -1.68. The van der Waals surface area contributed by atoms with Gasteiger partial charge >= 0.3 is 0 Å². The highest BCUT2D eigenvalue weighted by molar-refractivity contribution is 9.09. The fraction of sp³-hybridized carbons (Fsp3) is 0.583. The minimum atomic E-state index is 0. The second-order valence-corrected chi connectivity index (χ2v) is 3.64. The van der Waals surface area contributed by atoms with E-state index >= 15 is 0 Å². The molecule has 1 aromatic heterocycles. The van der Waals surface area contributed by atoms with Gasteiger partial charge in [0.15, 0.2) is 10.2 Å². The van der Waals surface area contributed by atoms with Gasteiger partial charge in [0, 0.05) is 11.6 Å². The summed E-state index contributed by atoms with van der Waals surface area (Å²) in [6, 6.07) is 0. The number of thiocarbonyl (C=S) groups is 1. The zero-order chi connectivity index (χ0) is 15.4. The van der Waals surface area contributed by atoms with Crippen LogP contribution in [0.3, 0.4) is 0 Å². The van der Waals surface area contributed by atoms with Crippen LogP contribution in [0, 0.1) is 0 Å². The van der Waals surface area contributed by atoms with E-state index in [0.717, 1.165) is 6.29 Å². The first-order chi connectivity index (χ1) is 8.54. The molecule has 0 unspecified atom stereocenters. The number of carbonyl (C=O) groups is 1. The molecule has 8 heteroatoms. The summed E-state index contributed by atoms with van der Waals surface area (Å²) in [4.78, 5) is 12.8. The average molecular weight is 391 g/mol. The molecule has 5 nitrogen and oxygen atoms in total. The van der Waals surface area contributed by atoms with Gasteiger partial charge in [-0.25, -0.2) is 4.98 Å². The van der Waals surface area contributed by atoms with Gasteiger partial charge in [0.2, 0.25) is 0 Å². The Balaban J connectivity index is -0.0000000320. The number of hydrogen-bond acceptors (Lipinski definition) is 5. The highest BCUT2D eigenvalue weighted by atomic mass is 79.9. The third-order valence-electron chi connectivity index (χ3n) is 0.514. The number of aromatic nitrogens is 1. The Kier molecular flexibility index (Phi) is 78.4. The fourth-order valence-electron chi connectivity index (χ4n) is 0.234. The molecule has 0 aliphatic heterocycles. The van der Waals surface area contributed by atoms with Crippen LogP contribution in [0.2, 0.25) is 0 Å². The SMILES string of the molecule is C.C.CC.CC.NC(N)=S.Nc1nccs1.O=CCBr. The zero-order valence-electron chi connectivity index (χ0n) is 11.2. The second-order valence-electron chi connectivity index (χ2n) is 1.59. The average Bonchev–Trinajstić information content (AvgIpc) is 2.85. The number of carbonyl (C=O) groups excluding carboxylic acids is 1. The molecule has 0 aromatic carbocycles. The van der Waals surface area contributed by atoms with Crippen LogP contribution in [-0.4, -0.2) is 21.7 Å². The maximum atomic E-state index is 9.13. The lowest BCUT2D eigenvalue weighted by Crippen LogP contribution is -2.18. The molecule has 20 heavy (non-hydrogen) atoms. The summed E-state index contributed by atoms with van der Waals surface area (Å²) in [5, 5.41) is 2.93. The summed E-state index contributed by atoms with van der Waals surface area (Å²) in [5.74, 6) is 0. The largest absolute Gasteiger partial charge is 0.377 e. The zero-order valence-corrected chi connectivity index (χ0v) is 14.4. The normalized spacial score (nSPS) is 5.65. The molecule has 124 valence electrons. The van der Waals surface area contributed by atoms with Crippen LogP contribution >= 0.6 is 39.5 Å². The first-order valence-electron chi connectivity index (χ1n) is 5.24. The predicted molar refractivity (Wildman–Crippen MR) is 104 cm³/mol. The molecule has 0 aliphatic carbocycles. The summed E-state index contributed by atoms with van der Waals surface area (Å²) >= 11 is 8.42. The smallest absolute Gasteiger partial charge is 0.179 e. The van der Waals surface area contributed by atoms with E-state index in [-0.39, 0.29) is 20.0 Å². The van der Waals surface area contributed by atoms with Gasteiger partial charge in [-0.1, -0.05) is 58.5 Å². The molecule has 0 spiro atoms. The lowest BCUT2D eigenvalue weighted by molar-refractivity contribution is -0.105. The number of anilines is 1. The van der Waals surface area contributed by atoms with Gasteiger partial charge in [0.25, 0.3) is 0 Å². The lowest BCUT2D eigenvalue weighted by atomic mass is 11.0. The van der Waals surface area contributed by atoms with Gasteiger partial charge in [-0.3, -0.25) is 0 Å². The quantitative estimate of drug-likeness (QED) is 0.382. The monoisotopic (exact) mass is 390 g/mol. The van der Waals surface area contributed by atoms with Crippen molar-refractivity contribution in [3.63, 3.8) is 0 Å². The van der Waals surface area contributed by atoms with Crippen molar-refractivity contribution in [2.24, 2.45) is 11.5 Å². The Labute approximate surface area is 142 Å². The van der Waals surface area contributed by atoms with Crippen molar-refractivity contribution in [2.75, 3.05) is 11.1 Å². The Morgan fingerprint density at radius 3 is 1.70 bits per heavy atom. The minimum absolute atomic E-state index is 0. The molecule has 0 radical (unpaired) electrons. The van der Waals surface area contributed by atoms with Gasteiger partial charge in [0.05, 0.1) is 5.33 Å². The highest BCUT2D eigenvalue weighted by Gasteiger charge is 1.76. The number of thiazole rings is 1. The maximum Gasteiger partial charge on any atom is 0.179 e. The van der Waals surface area contributed by atoms with Crippen LogP contribution in [0.1, 0.15) is 42.5 Å². The Hall–Kier alpha value is -0.730. The molecule has 0 saturated carbocycles. The Morgan fingerprint density at radius 2 is 1.65 bits per heavy atom. The van der Waals surface area contributed by atoms with E-state index in [1.54, 1.807) is 6.20 Å². The molecule has 0 aliphatic rings. The third-order valence-corrected chi connectivity index (χ3v) is 1.38. The minimum Gasteiger partial charge on any atom is -0.377 e. The molecular weight excluding hydrogens is 360 g/mol. The van der Waals surface area contributed by atoms with E-state index in [0.29, 0.717) is 10.5 Å². The predicted octanol–water partition coefficient (Wildman–Crippen LogP) is 3.82. The molecule has 1 aromatic rings. The summed E-state index contributed by atoms with van der Waals surface area (Å²) in [5.41, 5.74) is 14.4. The van der Waals surface area contributed by atoms with Crippen molar-refractivity contribution in [1.82, 2.24) is 4.98 Å². The van der Waals surface area contributed by atoms with Gasteiger partial charge in [-0.05, 0) is 12.2 Å². The third kappa shape index (κ3) is 86.5. The second kappa shape index (κ2) is 42.9. The van der Waals surface area contributed by atoms with Crippen molar-refractivity contribution in [1.29, 1.82) is 0 Å². The van der Waals surface area contributed by atoms with Crippen molar-refractivity contribution >= 4 is 56.0 Å². The summed E-state index contributed by atoms with van der Waals surface area (Å²) < 4.78 is 0. The highest BCUT2D eigenvalue weighted by Crippen LogP contribution is 2.02. The summed E-state index contributed by atoms with van der Waals surface area (Å²) in [7, 11) is 0. The van der Waals surface area contributed by atoms with Crippen LogP contribution in [0.25, 0.3) is 0 Å². The van der Waals surface area contributed by atoms with E-state index in [9.17, 15) is 0 Å². The van der Waals surface area contributed by atoms with Crippen LogP contribution < -0.4 is 17.2 Å². The summed E-state index contributed by atoms with van der Waals surface area (Å²) in [6.45, 7) is 8.00. The standard InChI is InChI=1S/C3H4N2S.C2H3BrO.2C2H6.CH4N2S.2CH4/c4-3-5-1-2-6-3;3-1-2-4;2*1-2;2-1(3)4;;/h1-2H,(H2,4,5);2H,1H2;2*1-2H3;(H4,2,3,4);2*1H4. The van der Waals surface area contributed by atoms with Crippen molar-refractivity contribution in [2.45, 2.75) is 42.5 Å². The van der Waals surface area contributed by atoms with E-state index in [1.807, 2.05) is 33.1 Å². The molecule has 1 rings (SSSR count). The van der Waals surface area contributed by atoms with E-state index in [4.69, 9.17) is 10.5 Å². The molecule has 0 saturated heterocycles. The molecule has 0 bridgehead atoms. The number of hydrogen-bond donors (Lipinski definition) is 3. The topological polar surface area (TPSA) is 108 Å². The number of nitrogen functional groups attached to an aromatic ring is 1. The van der Waals surface area contributed by atoms with Crippen LogP contribution in [-0.2, 0) is 4.79 Å².